The molecular formula is C45H31N3. The van der Waals surface area contributed by atoms with Gasteiger partial charge in [0.05, 0.1) is 0 Å². The van der Waals surface area contributed by atoms with Gasteiger partial charge >= 0.3 is 0 Å². The minimum atomic E-state index is 0.629. The van der Waals surface area contributed by atoms with E-state index in [-0.39, 0.29) is 0 Å². The van der Waals surface area contributed by atoms with Crippen molar-refractivity contribution in [1.82, 2.24) is 15.0 Å². The van der Waals surface area contributed by atoms with E-state index in [4.69, 9.17) is 15.0 Å². The molecule has 0 aliphatic heterocycles. The molecule has 8 aromatic rings. The van der Waals surface area contributed by atoms with E-state index >= 15 is 0 Å². The Hall–Kier alpha value is -6.45. The fourth-order valence-corrected chi connectivity index (χ4v) is 6.25. The average Bonchev–Trinajstić information content (AvgIpc) is 3.19. The first-order chi connectivity index (χ1) is 23.8. The molecular weight excluding hydrogens is 583 g/mol. The molecule has 1 heterocycles. The SMILES string of the molecule is c1ccc(-c2ccc(-c3nc(-c4ccccc4)nc(-c4cccc(-c5ccccc5-c5ccccc5)c4-c4ccccc4)n3)cc2)cc1. The summed E-state index contributed by atoms with van der Waals surface area (Å²) in [7, 11) is 0. The lowest BCUT2D eigenvalue weighted by Gasteiger charge is -2.18. The van der Waals surface area contributed by atoms with Crippen molar-refractivity contribution in [2.45, 2.75) is 0 Å². The van der Waals surface area contributed by atoms with Crippen LogP contribution in [-0.2, 0) is 0 Å². The van der Waals surface area contributed by atoms with Crippen LogP contribution in [0.5, 0.6) is 0 Å². The first-order valence-electron chi connectivity index (χ1n) is 16.1. The molecule has 0 atom stereocenters. The van der Waals surface area contributed by atoms with Crippen molar-refractivity contribution in [2.75, 3.05) is 0 Å². The second kappa shape index (κ2) is 13.1. The second-order valence-electron chi connectivity index (χ2n) is 11.6. The van der Waals surface area contributed by atoms with Gasteiger partial charge < -0.3 is 0 Å². The van der Waals surface area contributed by atoms with Crippen LogP contribution < -0.4 is 0 Å². The van der Waals surface area contributed by atoms with Gasteiger partial charge in [0.1, 0.15) is 0 Å². The number of benzene rings is 7. The van der Waals surface area contributed by atoms with E-state index in [1.807, 2.05) is 36.4 Å². The molecule has 3 heteroatoms. The molecule has 226 valence electrons. The number of rotatable bonds is 7. The fourth-order valence-electron chi connectivity index (χ4n) is 6.25. The Balaban J connectivity index is 1.35. The highest BCUT2D eigenvalue weighted by Crippen LogP contribution is 2.43. The Labute approximate surface area is 280 Å². The largest absolute Gasteiger partial charge is 0.208 e. The minimum absolute atomic E-state index is 0.629. The fraction of sp³-hybridized carbons (Fsp3) is 0. The van der Waals surface area contributed by atoms with Crippen molar-refractivity contribution in [3.05, 3.63) is 188 Å². The van der Waals surface area contributed by atoms with Gasteiger partial charge in [-0.2, -0.15) is 0 Å². The summed E-state index contributed by atoms with van der Waals surface area (Å²) in [5.41, 5.74) is 11.9. The Kier molecular flexibility index (Phi) is 7.92. The van der Waals surface area contributed by atoms with Gasteiger partial charge in [0.15, 0.2) is 17.5 Å². The predicted octanol–water partition coefficient (Wildman–Crippen LogP) is 11.5. The molecule has 0 amide bonds. The van der Waals surface area contributed by atoms with E-state index in [2.05, 4.69) is 152 Å². The van der Waals surface area contributed by atoms with Crippen LogP contribution in [0.4, 0.5) is 0 Å². The van der Waals surface area contributed by atoms with E-state index < -0.39 is 0 Å². The number of hydrogen-bond acceptors (Lipinski definition) is 3. The Bertz CT molecular complexity index is 2300. The average molecular weight is 614 g/mol. The minimum Gasteiger partial charge on any atom is -0.208 e. The van der Waals surface area contributed by atoms with Crippen LogP contribution in [-0.4, -0.2) is 15.0 Å². The molecule has 0 N–H and O–H groups in total. The smallest absolute Gasteiger partial charge is 0.164 e. The molecule has 3 nitrogen and oxygen atoms in total. The molecule has 0 aliphatic carbocycles. The zero-order valence-electron chi connectivity index (χ0n) is 26.2. The highest BCUT2D eigenvalue weighted by atomic mass is 15.0. The molecule has 0 saturated heterocycles. The van der Waals surface area contributed by atoms with Crippen LogP contribution >= 0.6 is 0 Å². The molecule has 0 saturated carbocycles. The van der Waals surface area contributed by atoms with E-state index in [9.17, 15) is 0 Å². The molecule has 0 bridgehead atoms. The maximum absolute atomic E-state index is 5.18. The predicted molar refractivity (Wildman–Crippen MR) is 198 cm³/mol. The Morgan fingerprint density at radius 3 is 1.19 bits per heavy atom. The van der Waals surface area contributed by atoms with Crippen LogP contribution in [0.2, 0.25) is 0 Å². The van der Waals surface area contributed by atoms with Crippen molar-refractivity contribution in [3.63, 3.8) is 0 Å². The second-order valence-corrected chi connectivity index (χ2v) is 11.6. The Morgan fingerprint density at radius 2 is 0.583 bits per heavy atom. The van der Waals surface area contributed by atoms with Gasteiger partial charge in [-0.1, -0.05) is 188 Å². The third kappa shape index (κ3) is 5.81. The van der Waals surface area contributed by atoms with Crippen molar-refractivity contribution in [2.24, 2.45) is 0 Å². The normalized spacial score (nSPS) is 10.9. The molecule has 0 aliphatic rings. The molecule has 48 heavy (non-hydrogen) atoms. The van der Waals surface area contributed by atoms with Crippen LogP contribution in [0.3, 0.4) is 0 Å². The molecule has 7 aromatic carbocycles. The van der Waals surface area contributed by atoms with Crippen molar-refractivity contribution in [3.8, 4) is 78.7 Å². The first-order valence-corrected chi connectivity index (χ1v) is 16.1. The molecule has 0 spiro atoms. The summed E-state index contributed by atoms with van der Waals surface area (Å²) in [6.07, 6.45) is 0. The van der Waals surface area contributed by atoms with Gasteiger partial charge in [-0.15, -0.1) is 0 Å². The zero-order valence-corrected chi connectivity index (χ0v) is 26.2. The monoisotopic (exact) mass is 613 g/mol. The quantitative estimate of drug-likeness (QED) is 0.179. The highest BCUT2D eigenvalue weighted by molar-refractivity contribution is 5.97. The van der Waals surface area contributed by atoms with Crippen molar-refractivity contribution >= 4 is 0 Å². The van der Waals surface area contributed by atoms with Crippen LogP contribution in [0.25, 0.3) is 78.7 Å². The van der Waals surface area contributed by atoms with Crippen LogP contribution in [0, 0.1) is 0 Å². The van der Waals surface area contributed by atoms with Gasteiger partial charge in [-0.3, -0.25) is 0 Å². The van der Waals surface area contributed by atoms with Gasteiger partial charge in [-0.25, -0.2) is 15.0 Å². The number of hydrogen-bond donors (Lipinski definition) is 0. The van der Waals surface area contributed by atoms with Gasteiger partial charge in [0.25, 0.3) is 0 Å². The summed E-state index contributed by atoms with van der Waals surface area (Å²) in [5.74, 6) is 1.90. The molecule has 8 rings (SSSR count). The van der Waals surface area contributed by atoms with Gasteiger partial charge in [-0.05, 0) is 38.9 Å². The third-order valence-electron chi connectivity index (χ3n) is 8.59. The standard InChI is InChI=1S/C45H31N3/c1-5-16-32(17-6-1)33-28-30-37(31-29-33)44-46-43(36-22-11-4-12-23-36)47-45(48-44)41-27-15-26-40(42(41)35-20-9-3-10-21-35)39-25-14-13-24-38(39)34-18-7-2-8-19-34/h1-31H. The lowest BCUT2D eigenvalue weighted by atomic mass is 9.86. The van der Waals surface area contributed by atoms with Crippen LogP contribution in [0.15, 0.2) is 188 Å². The van der Waals surface area contributed by atoms with Gasteiger partial charge in [0.2, 0.25) is 0 Å². The maximum Gasteiger partial charge on any atom is 0.164 e. The molecule has 1 aromatic heterocycles. The Morgan fingerprint density at radius 1 is 0.208 bits per heavy atom. The molecule has 0 radical (unpaired) electrons. The maximum atomic E-state index is 5.18. The summed E-state index contributed by atoms with van der Waals surface area (Å²) in [6.45, 7) is 0. The van der Waals surface area contributed by atoms with Crippen molar-refractivity contribution in [1.29, 1.82) is 0 Å². The summed E-state index contributed by atoms with van der Waals surface area (Å²) in [6, 6.07) is 65.2. The summed E-state index contributed by atoms with van der Waals surface area (Å²) in [4.78, 5) is 15.3. The highest BCUT2D eigenvalue weighted by Gasteiger charge is 2.20. The number of aromatic nitrogens is 3. The molecule has 0 fully saturated rings. The number of nitrogens with zero attached hydrogens (tertiary/aromatic N) is 3. The van der Waals surface area contributed by atoms with Gasteiger partial charge in [0, 0.05) is 22.3 Å². The third-order valence-corrected chi connectivity index (χ3v) is 8.59. The summed E-state index contributed by atoms with van der Waals surface area (Å²) in [5, 5.41) is 0. The van der Waals surface area contributed by atoms with E-state index in [1.165, 1.54) is 16.7 Å². The lowest BCUT2D eigenvalue weighted by molar-refractivity contribution is 1.07. The summed E-state index contributed by atoms with van der Waals surface area (Å²) < 4.78 is 0. The first kappa shape index (κ1) is 29.0. The topological polar surface area (TPSA) is 38.7 Å². The zero-order chi connectivity index (χ0) is 32.1. The van der Waals surface area contributed by atoms with E-state index in [1.54, 1.807) is 0 Å². The van der Waals surface area contributed by atoms with Crippen LogP contribution in [0.1, 0.15) is 0 Å². The summed E-state index contributed by atoms with van der Waals surface area (Å²) >= 11 is 0. The van der Waals surface area contributed by atoms with E-state index in [0.717, 1.165) is 44.5 Å². The van der Waals surface area contributed by atoms with Crippen molar-refractivity contribution < 1.29 is 0 Å². The molecule has 0 unspecified atom stereocenters. The lowest BCUT2D eigenvalue weighted by Crippen LogP contribution is -2.02. The van der Waals surface area contributed by atoms with E-state index in [0.29, 0.717) is 17.5 Å².